The lowest BCUT2D eigenvalue weighted by molar-refractivity contribution is -0.136. The topological polar surface area (TPSA) is 64.7 Å². The van der Waals surface area contributed by atoms with Gasteiger partial charge in [-0.25, -0.2) is 0 Å². The molecule has 2 N–H and O–H groups in total. The van der Waals surface area contributed by atoms with Crippen molar-refractivity contribution in [3.05, 3.63) is 59.2 Å². The minimum absolute atomic E-state index is 0.0562. The number of nitrogens with one attached hydrogen (secondary N) is 2. The number of likely N-dealkylation sites (tertiary alicyclic amines) is 1. The molecule has 0 radical (unpaired) electrons. The summed E-state index contributed by atoms with van der Waals surface area (Å²) in [5.74, 6) is -1.23. The molecule has 6 nitrogen and oxygen atoms in total. The molecule has 1 aliphatic heterocycles. The van der Waals surface area contributed by atoms with E-state index in [9.17, 15) is 9.59 Å². The lowest BCUT2D eigenvalue weighted by atomic mass is 10.0. The van der Waals surface area contributed by atoms with E-state index < -0.39 is 11.8 Å². The summed E-state index contributed by atoms with van der Waals surface area (Å²) in [7, 11) is 4.03. The van der Waals surface area contributed by atoms with Crippen LogP contribution in [-0.4, -0.2) is 50.4 Å². The van der Waals surface area contributed by atoms with Gasteiger partial charge in [0.05, 0.1) is 6.04 Å². The molecule has 6 heteroatoms. The highest BCUT2D eigenvalue weighted by Crippen LogP contribution is 2.26. The molecule has 1 fully saturated rings. The van der Waals surface area contributed by atoms with Gasteiger partial charge in [-0.2, -0.15) is 0 Å². The Kier molecular flexibility index (Phi) is 7.11. The summed E-state index contributed by atoms with van der Waals surface area (Å²) >= 11 is 0. The standard InChI is InChI=1S/C24H32N4O2/c1-17-8-7-9-18(2)22(17)26-24(30)23(29)25-16-21(28-14-5-6-15-28)19-10-12-20(13-11-19)27(3)4/h7-13,21H,5-6,14-16H2,1-4H3,(H,25,29)(H,26,30)/t21-/m1/s1. The second kappa shape index (κ2) is 9.76. The van der Waals surface area contributed by atoms with Gasteiger partial charge in [0, 0.05) is 32.0 Å². The third-order valence-corrected chi connectivity index (χ3v) is 5.76. The van der Waals surface area contributed by atoms with Crippen LogP contribution < -0.4 is 15.5 Å². The number of hydrogen-bond donors (Lipinski definition) is 2. The highest BCUT2D eigenvalue weighted by atomic mass is 16.2. The zero-order valence-corrected chi connectivity index (χ0v) is 18.4. The highest BCUT2D eigenvalue weighted by molar-refractivity contribution is 6.39. The van der Waals surface area contributed by atoms with E-state index in [1.165, 1.54) is 0 Å². The fourth-order valence-electron chi connectivity index (χ4n) is 3.96. The lowest BCUT2D eigenvalue weighted by Crippen LogP contribution is -2.41. The Labute approximate surface area is 179 Å². The molecule has 160 valence electrons. The van der Waals surface area contributed by atoms with Crippen LogP contribution in [0.5, 0.6) is 0 Å². The SMILES string of the molecule is Cc1cccc(C)c1NC(=O)C(=O)NC[C@H](c1ccc(N(C)C)cc1)N1CCCC1. The molecular weight excluding hydrogens is 376 g/mol. The highest BCUT2D eigenvalue weighted by Gasteiger charge is 2.25. The smallest absolute Gasteiger partial charge is 0.313 e. The fraction of sp³-hybridized carbons (Fsp3) is 0.417. The van der Waals surface area contributed by atoms with E-state index in [-0.39, 0.29) is 6.04 Å². The van der Waals surface area contributed by atoms with Crippen molar-refractivity contribution >= 4 is 23.2 Å². The predicted octanol–water partition coefficient (Wildman–Crippen LogP) is 3.26. The molecule has 0 saturated carbocycles. The maximum Gasteiger partial charge on any atom is 0.313 e. The Balaban J connectivity index is 1.67. The van der Waals surface area contributed by atoms with Gasteiger partial charge in [0.25, 0.3) is 0 Å². The van der Waals surface area contributed by atoms with Gasteiger partial charge in [-0.15, -0.1) is 0 Å². The van der Waals surface area contributed by atoms with Crippen LogP contribution in [0.25, 0.3) is 0 Å². The summed E-state index contributed by atoms with van der Waals surface area (Å²) in [6.07, 6.45) is 2.32. The van der Waals surface area contributed by atoms with E-state index in [2.05, 4.69) is 44.7 Å². The second-order valence-electron chi connectivity index (χ2n) is 8.18. The van der Waals surface area contributed by atoms with Gasteiger partial charge in [-0.3, -0.25) is 14.5 Å². The van der Waals surface area contributed by atoms with Crippen LogP contribution in [0.3, 0.4) is 0 Å². The van der Waals surface area contributed by atoms with Gasteiger partial charge >= 0.3 is 11.8 Å². The van der Waals surface area contributed by atoms with Gasteiger partial charge < -0.3 is 15.5 Å². The molecule has 0 bridgehead atoms. The first-order valence-corrected chi connectivity index (χ1v) is 10.5. The third kappa shape index (κ3) is 5.19. The molecule has 1 aliphatic rings. The normalized spacial score (nSPS) is 14.9. The Morgan fingerprint density at radius 3 is 2.13 bits per heavy atom. The molecule has 2 aromatic carbocycles. The van der Waals surface area contributed by atoms with Crippen LogP contribution in [0.1, 0.15) is 35.6 Å². The van der Waals surface area contributed by atoms with Gasteiger partial charge in [0.2, 0.25) is 0 Å². The summed E-state index contributed by atoms with van der Waals surface area (Å²) in [6.45, 7) is 6.25. The van der Waals surface area contributed by atoms with Crippen molar-refractivity contribution in [2.24, 2.45) is 0 Å². The predicted molar refractivity (Wildman–Crippen MR) is 122 cm³/mol. The average molecular weight is 409 g/mol. The number of carbonyl (C=O) groups excluding carboxylic acids is 2. The van der Waals surface area contributed by atoms with Crippen molar-refractivity contribution in [3.63, 3.8) is 0 Å². The molecule has 30 heavy (non-hydrogen) atoms. The molecule has 1 atom stereocenters. The number of aryl methyl sites for hydroxylation is 2. The maximum absolute atomic E-state index is 12.5. The third-order valence-electron chi connectivity index (χ3n) is 5.76. The van der Waals surface area contributed by atoms with Gasteiger partial charge in [-0.1, -0.05) is 30.3 Å². The summed E-state index contributed by atoms with van der Waals surface area (Å²) in [6, 6.07) is 14.2. The van der Waals surface area contributed by atoms with Gasteiger partial charge in [0.1, 0.15) is 0 Å². The Morgan fingerprint density at radius 2 is 1.57 bits per heavy atom. The minimum atomic E-state index is -0.629. The van der Waals surface area contributed by atoms with Crippen molar-refractivity contribution < 1.29 is 9.59 Å². The zero-order valence-electron chi connectivity index (χ0n) is 18.4. The number of carbonyl (C=O) groups is 2. The minimum Gasteiger partial charge on any atom is -0.378 e. The number of amides is 2. The van der Waals surface area contributed by atoms with E-state index in [0.717, 1.165) is 48.3 Å². The number of anilines is 2. The van der Waals surface area contributed by atoms with Crippen LogP contribution in [0.15, 0.2) is 42.5 Å². The zero-order chi connectivity index (χ0) is 21.7. The Morgan fingerprint density at radius 1 is 0.967 bits per heavy atom. The molecule has 2 aromatic rings. The molecule has 1 heterocycles. The molecule has 0 unspecified atom stereocenters. The van der Waals surface area contributed by atoms with E-state index in [0.29, 0.717) is 12.2 Å². The maximum atomic E-state index is 12.5. The van der Waals surface area contributed by atoms with Crippen LogP contribution in [0.2, 0.25) is 0 Å². The van der Waals surface area contributed by atoms with E-state index in [1.807, 2.05) is 46.1 Å². The van der Waals surface area contributed by atoms with Crippen LogP contribution in [0, 0.1) is 13.8 Å². The monoisotopic (exact) mass is 408 g/mol. The molecular formula is C24H32N4O2. The summed E-state index contributed by atoms with van der Waals surface area (Å²) in [4.78, 5) is 29.4. The van der Waals surface area contributed by atoms with Crippen LogP contribution in [0.4, 0.5) is 11.4 Å². The van der Waals surface area contributed by atoms with E-state index in [1.54, 1.807) is 0 Å². The van der Waals surface area contributed by atoms with Gasteiger partial charge in [0.15, 0.2) is 0 Å². The van der Waals surface area contributed by atoms with Crippen molar-refractivity contribution in [3.8, 4) is 0 Å². The average Bonchev–Trinajstić information content (AvgIpc) is 3.25. The number of para-hydroxylation sites is 1. The van der Waals surface area contributed by atoms with Crippen molar-refractivity contribution in [1.29, 1.82) is 0 Å². The van der Waals surface area contributed by atoms with Crippen LogP contribution in [-0.2, 0) is 9.59 Å². The van der Waals surface area contributed by atoms with Crippen LogP contribution >= 0.6 is 0 Å². The van der Waals surface area contributed by atoms with E-state index >= 15 is 0 Å². The van der Waals surface area contributed by atoms with Crippen molar-refractivity contribution in [2.75, 3.05) is 43.9 Å². The molecule has 3 rings (SSSR count). The molecule has 1 saturated heterocycles. The first-order chi connectivity index (χ1) is 14.4. The largest absolute Gasteiger partial charge is 0.378 e. The number of hydrogen-bond acceptors (Lipinski definition) is 4. The quantitative estimate of drug-likeness (QED) is 0.720. The Bertz CT molecular complexity index is 866. The molecule has 2 amide bonds. The fourth-order valence-corrected chi connectivity index (χ4v) is 3.96. The number of nitrogens with zero attached hydrogens (tertiary/aromatic N) is 2. The Hall–Kier alpha value is -2.86. The lowest BCUT2D eigenvalue weighted by Gasteiger charge is -2.28. The van der Waals surface area contributed by atoms with E-state index in [4.69, 9.17) is 0 Å². The number of rotatable bonds is 6. The van der Waals surface area contributed by atoms with Gasteiger partial charge in [-0.05, 0) is 68.6 Å². The first-order valence-electron chi connectivity index (χ1n) is 10.5. The molecule has 0 aromatic heterocycles. The molecule has 0 spiro atoms. The van der Waals surface area contributed by atoms with Crippen molar-refractivity contribution in [2.45, 2.75) is 32.7 Å². The number of benzene rings is 2. The first kappa shape index (κ1) is 21.8. The summed E-state index contributed by atoms with van der Waals surface area (Å²) in [5.41, 5.74) is 4.86. The summed E-state index contributed by atoms with van der Waals surface area (Å²) in [5, 5.41) is 5.61. The second-order valence-corrected chi connectivity index (χ2v) is 8.18. The summed E-state index contributed by atoms with van der Waals surface area (Å²) < 4.78 is 0. The van der Waals surface area contributed by atoms with Crippen molar-refractivity contribution in [1.82, 2.24) is 10.2 Å². The molecule has 0 aliphatic carbocycles.